The molecule has 0 saturated carbocycles. The van der Waals surface area contributed by atoms with Crippen molar-refractivity contribution in [3.8, 4) is 5.75 Å². The van der Waals surface area contributed by atoms with Crippen LogP contribution in [0.3, 0.4) is 0 Å². The van der Waals surface area contributed by atoms with Crippen LogP contribution >= 0.6 is 11.8 Å². The maximum atomic E-state index is 13.0. The van der Waals surface area contributed by atoms with Gasteiger partial charge in [0.2, 0.25) is 0 Å². The number of amides is 2. The first-order chi connectivity index (χ1) is 15.0. The number of nitro benzene ring substituents is 1. The molecule has 0 aromatic heterocycles. The van der Waals surface area contributed by atoms with Crippen LogP contribution in [0.2, 0.25) is 0 Å². The maximum Gasteiger partial charge on any atom is 0.293 e. The molecule has 0 radical (unpaired) electrons. The van der Waals surface area contributed by atoms with Gasteiger partial charge in [-0.1, -0.05) is 48.5 Å². The van der Waals surface area contributed by atoms with E-state index in [1.807, 2.05) is 43.3 Å². The van der Waals surface area contributed by atoms with Gasteiger partial charge in [-0.2, -0.15) is 0 Å². The van der Waals surface area contributed by atoms with E-state index in [1.54, 1.807) is 24.3 Å². The lowest BCUT2D eigenvalue weighted by atomic mass is 10.0. The molecule has 7 nitrogen and oxygen atoms in total. The third kappa shape index (κ3) is 4.02. The average molecular weight is 434 g/mol. The van der Waals surface area contributed by atoms with Gasteiger partial charge in [-0.25, -0.2) is 0 Å². The van der Waals surface area contributed by atoms with Gasteiger partial charge in [0, 0.05) is 17.2 Å². The van der Waals surface area contributed by atoms with E-state index in [1.165, 1.54) is 6.07 Å². The molecular formula is C23H18N2O5S. The highest BCUT2D eigenvalue weighted by molar-refractivity contribution is 8.18. The topological polar surface area (TPSA) is 89.8 Å². The van der Waals surface area contributed by atoms with Crippen LogP contribution < -0.4 is 4.74 Å². The van der Waals surface area contributed by atoms with E-state index in [2.05, 4.69) is 0 Å². The van der Waals surface area contributed by atoms with Crippen molar-refractivity contribution >= 4 is 45.4 Å². The molecule has 1 aliphatic rings. The Balaban J connectivity index is 1.72. The van der Waals surface area contributed by atoms with E-state index in [0.29, 0.717) is 17.9 Å². The van der Waals surface area contributed by atoms with Crippen LogP contribution in [0.25, 0.3) is 16.8 Å². The number of thioether (sulfide) groups is 1. The average Bonchev–Trinajstić information content (AvgIpc) is 3.03. The van der Waals surface area contributed by atoms with Crippen LogP contribution in [-0.4, -0.2) is 27.6 Å². The molecule has 1 aliphatic heterocycles. The molecule has 0 atom stereocenters. The Bertz CT molecular complexity index is 1240. The number of imide groups is 1. The SMILES string of the molecule is CCOc1ccc2ccccc2c1C=C1SC(=O)N(Cc2ccccc2[N+](=O)[O-])C1=O. The van der Waals surface area contributed by atoms with Crippen LogP contribution in [-0.2, 0) is 11.3 Å². The van der Waals surface area contributed by atoms with Crippen LogP contribution in [0, 0.1) is 10.1 Å². The lowest BCUT2D eigenvalue weighted by Gasteiger charge is -2.13. The zero-order valence-corrected chi connectivity index (χ0v) is 17.4. The number of benzene rings is 3. The standard InChI is InChI=1S/C23H18N2O5S/c1-2-30-20-12-11-15-7-3-5-9-17(15)18(20)13-21-22(26)24(23(27)31-21)14-16-8-4-6-10-19(16)25(28)29/h3-13H,2,14H2,1H3. The van der Waals surface area contributed by atoms with Crippen molar-refractivity contribution < 1.29 is 19.2 Å². The number of hydrogen-bond acceptors (Lipinski definition) is 6. The number of carbonyl (C=O) groups is 2. The fourth-order valence-electron chi connectivity index (χ4n) is 3.47. The van der Waals surface area contributed by atoms with Gasteiger partial charge in [0.25, 0.3) is 16.8 Å². The van der Waals surface area contributed by atoms with E-state index in [4.69, 9.17) is 4.74 Å². The molecule has 0 bridgehead atoms. The normalized spacial score (nSPS) is 15.1. The van der Waals surface area contributed by atoms with Gasteiger partial charge in [0.05, 0.1) is 23.0 Å². The number of nitrogens with zero attached hydrogens (tertiary/aromatic N) is 2. The molecule has 0 unspecified atom stereocenters. The van der Waals surface area contributed by atoms with Crippen molar-refractivity contribution in [2.24, 2.45) is 0 Å². The Morgan fingerprint density at radius 1 is 1.06 bits per heavy atom. The summed E-state index contributed by atoms with van der Waals surface area (Å²) in [6.07, 6.45) is 1.66. The summed E-state index contributed by atoms with van der Waals surface area (Å²) in [6, 6.07) is 17.6. The molecule has 1 saturated heterocycles. The lowest BCUT2D eigenvalue weighted by Crippen LogP contribution is -2.27. The number of ether oxygens (including phenoxy) is 1. The third-order valence-corrected chi connectivity index (χ3v) is 5.80. The molecule has 3 aromatic rings. The maximum absolute atomic E-state index is 13.0. The van der Waals surface area contributed by atoms with Crippen LogP contribution in [0.15, 0.2) is 65.6 Å². The van der Waals surface area contributed by atoms with E-state index in [9.17, 15) is 19.7 Å². The summed E-state index contributed by atoms with van der Waals surface area (Å²) in [4.78, 5) is 37.6. The van der Waals surface area contributed by atoms with Crippen molar-refractivity contribution in [2.45, 2.75) is 13.5 Å². The number of hydrogen-bond donors (Lipinski definition) is 0. The van der Waals surface area contributed by atoms with Gasteiger partial charge in [-0.3, -0.25) is 24.6 Å². The van der Waals surface area contributed by atoms with E-state index < -0.39 is 16.1 Å². The molecule has 2 amide bonds. The van der Waals surface area contributed by atoms with Gasteiger partial charge in [0.15, 0.2) is 0 Å². The number of para-hydroxylation sites is 1. The minimum Gasteiger partial charge on any atom is -0.493 e. The summed E-state index contributed by atoms with van der Waals surface area (Å²) in [5, 5.41) is 12.7. The fourth-order valence-corrected chi connectivity index (χ4v) is 4.29. The highest BCUT2D eigenvalue weighted by Gasteiger charge is 2.36. The second kappa shape index (κ2) is 8.61. The van der Waals surface area contributed by atoms with Crippen molar-refractivity contribution in [1.29, 1.82) is 0 Å². The molecule has 0 N–H and O–H groups in total. The molecule has 0 spiro atoms. The van der Waals surface area contributed by atoms with E-state index in [-0.39, 0.29) is 17.1 Å². The Morgan fingerprint density at radius 2 is 1.81 bits per heavy atom. The molecule has 1 heterocycles. The first kappa shape index (κ1) is 20.6. The zero-order chi connectivity index (χ0) is 22.0. The molecule has 3 aromatic carbocycles. The van der Waals surface area contributed by atoms with E-state index >= 15 is 0 Å². The third-order valence-electron chi connectivity index (χ3n) is 4.90. The largest absolute Gasteiger partial charge is 0.493 e. The Kier molecular flexibility index (Phi) is 5.73. The van der Waals surface area contributed by atoms with Gasteiger partial charge in [-0.15, -0.1) is 0 Å². The van der Waals surface area contributed by atoms with Crippen LogP contribution in [0.5, 0.6) is 5.75 Å². The highest BCUT2D eigenvalue weighted by Crippen LogP contribution is 2.38. The first-order valence-corrected chi connectivity index (χ1v) is 10.4. The molecule has 1 fully saturated rings. The summed E-state index contributed by atoms with van der Waals surface area (Å²) in [6.45, 7) is 2.17. The Labute approximate surface area is 182 Å². The fraction of sp³-hybridized carbons (Fsp3) is 0.130. The van der Waals surface area contributed by atoms with Crippen molar-refractivity contribution in [2.75, 3.05) is 6.61 Å². The van der Waals surface area contributed by atoms with Crippen molar-refractivity contribution in [1.82, 2.24) is 4.90 Å². The van der Waals surface area contributed by atoms with Gasteiger partial charge >= 0.3 is 0 Å². The number of fused-ring (bicyclic) bond motifs is 1. The summed E-state index contributed by atoms with van der Waals surface area (Å²) in [5.41, 5.74) is 0.894. The molecule has 31 heavy (non-hydrogen) atoms. The molecule has 4 rings (SSSR count). The molecule has 0 aliphatic carbocycles. The summed E-state index contributed by atoms with van der Waals surface area (Å²) in [7, 11) is 0. The number of nitro groups is 1. The smallest absolute Gasteiger partial charge is 0.293 e. The van der Waals surface area contributed by atoms with E-state index in [0.717, 1.165) is 33.0 Å². The minimum atomic E-state index is -0.519. The second-order valence-corrected chi connectivity index (χ2v) is 7.78. The number of carbonyl (C=O) groups excluding carboxylic acids is 2. The van der Waals surface area contributed by atoms with Crippen molar-refractivity contribution in [3.05, 3.63) is 86.8 Å². The predicted octanol–water partition coefficient (Wildman–Crippen LogP) is 5.38. The molecular weight excluding hydrogens is 416 g/mol. The summed E-state index contributed by atoms with van der Waals surface area (Å²) in [5.74, 6) is 0.134. The summed E-state index contributed by atoms with van der Waals surface area (Å²) >= 11 is 0.819. The minimum absolute atomic E-state index is 0.127. The Hall–Kier alpha value is -3.65. The van der Waals surface area contributed by atoms with Crippen LogP contribution in [0.4, 0.5) is 10.5 Å². The van der Waals surface area contributed by atoms with Crippen LogP contribution in [0.1, 0.15) is 18.1 Å². The number of rotatable bonds is 6. The Morgan fingerprint density at radius 3 is 2.58 bits per heavy atom. The van der Waals surface area contributed by atoms with Gasteiger partial charge in [-0.05, 0) is 41.6 Å². The highest BCUT2D eigenvalue weighted by atomic mass is 32.2. The molecule has 156 valence electrons. The van der Waals surface area contributed by atoms with Gasteiger partial charge in [0.1, 0.15) is 5.75 Å². The summed E-state index contributed by atoms with van der Waals surface area (Å²) < 4.78 is 5.74. The molecule has 8 heteroatoms. The second-order valence-electron chi connectivity index (χ2n) is 6.79. The first-order valence-electron chi connectivity index (χ1n) is 9.61. The van der Waals surface area contributed by atoms with Crippen molar-refractivity contribution in [3.63, 3.8) is 0 Å². The predicted molar refractivity (Wildman–Crippen MR) is 120 cm³/mol. The lowest BCUT2D eigenvalue weighted by molar-refractivity contribution is -0.385. The monoisotopic (exact) mass is 434 g/mol. The van der Waals surface area contributed by atoms with Gasteiger partial charge < -0.3 is 4.74 Å². The quantitative estimate of drug-likeness (QED) is 0.294. The zero-order valence-electron chi connectivity index (χ0n) is 16.6.